The number of hydrogen-bond acceptors (Lipinski definition) is 3. The van der Waals surface area contributed by atoms with Gasteiger partial charge in [0.1, 0.15) is 5.92 Å². The quantitative estimate of drug-likeness (QED) is 0.846. The predicted octanol–water partition coefficient (Wildman–Crippen LogP) is 1.90. The number of nitrogens with zero attached hydrogens (tertiary/aromatic N) is 2. The van der Waals surface area contributed by atoms with Crippen LogP contribution >= 0.6 is 0 Å². The lowest BCUT2D eigenvalue weighted by Gasteiger charge is -2.40. The summed E-state index contributed by atoms with van der Waals surface area (Å²) >= 11 is 0. The highest BCUT2D eigenvalue weighted by molar-refractivity contribution is 6.09. The average Bonchev–Trinajstić information content (AvgIpc) is 2.98. The van der Waals surface area contributed by atoms with E-state index in [9.17, 15) is 18.4 Å². The Hall–Kier alpha value is -2.02. The second kappa shape index (κ2) is 7.07. The second-order valence-corrected chi connectivity index (χ2v) is 6.88. The highest BCUT2D eigenvalue weighted by Gasteiger charge is 2.42. The molecule has 2 N–H and O–H groups in total. The number of carbonyl (C=O) groups is 2. The van der Waals surface area contributed by atoms with Gasteiger partial charge in [-0.05, 0) is 37.3 Å². The van der Waals surface area contributed by atoms with Crippen LogP contribution in [0, 0.1) is 23.5 Å². The molecular weight excluding hydrogens is 328 g/mol. The summed E-state index contributed by atoms with van der Waals surface area (Å²) in [6.07, 6.45) is 2.29. The lowest BCUT2D eigenvalue weighted by molar-refractivity contribution is -0.143. The van der Waals surface area contributed by atoms with Gasteiger partial charge in [0.05, 0.1) is 0 Å². The summed E-state index contributed by atoms with van der Waals surface area (Å²) in [7, 11) is 0. The first-order chi connectivity index (χ1) is 11.9. The van der Waals surface area contributed by atoms with Crippen LogP contribution in [0.5, 0.6) is 0 Å². The Morgan fingerprint density at radius 2 is 2.00 bits per heavy atom. The molecule has 7 heteroatoms. The van der Waals surface area contributed by atoms with Crippen molar-refractivity contribution in [1.82, 2.24) is 4.90 Å². The smallest absolute Gasteiger partial charge is 0.239 e. The maximum atomic E-state index is 13.4. The number of rotatable bonds is 3. The van der Waals surface area contributed by atoms with Gasteiger partial charge in [0.25, 0.3) is 0 Å². The molecule has 2 fully saturated rings. The van der Waals surface area contributed by atoms with Gasteiger partial charge in [0.15, 0.2) is 11.6 Å². The standard InChI is InChI=1S/C18H23F2N3O2/c1-11-3-2-7-23(16(11)10-21)18(25)13-6-8-22(17(13)24)12-4-5-14(19)15(20)9-12/h4-5,9,11,13,16H,2-3,6-8,10,21H2,1H3/t11-,13-,16-/m1/s1. The first-order valence-electron chi connectivity index (χ1n) is 8.71. The fourth-order valence-electron chi connectivity index (χ4n) is 3.90. The average molecular weight is 351 g/mol. The van der Waals surface area contributed by atoms with Crippen LogP contribution in [0.15, 0.2) is 18.2 Å². The lowest BCUT2D eigenvalue weighted by atomic mass is 9.89. The van der Waals surface area contributed by atoms with Gasteiger partial charge >= 0.3 is 0 Å². The molecule has 3 rings (SSSR count). The largest absolute Gasteiger partial charge is 0.337 e. The normalized spacial score (nSPS) is 27.0. The molecule has 0 aromatic heterocycles. The molecule has 0 aliphatic carbocycles. The number of carbonyl (C=O) groups excluding carboxylic acids is 2. The number of likely N-dealkylation sites (tertiary alicyclic amines) is 1. The molecule has 1 aromatic rings. The van der Waals surface area contributed by atoms with E-state index in [-0.39, 0.29) is 23.5 Å². The summed E-state index contributed by atoms with van der Waals surface area (Å²) < 4.78 is 26.5. The summed E-state index contributed by atoms with van der Waals surface area (Å²) in [6.45, 7) is 3.37. The Balaban J connectivity index is 1.76. The SMILES string of the molecule is C[C@@H]1CCCN(C(=O)[C@@H]2CCN(c3ccc(F)c(F)c3)C2=O)[C@@H]1CN. The van der Waals surface area contributed by atoms with Gasteiger partial charge in [-0.1, -0.05) is 6.92 Å². The zero-order valence-corrected chi connectivity index (χ0v) is 14.3. The van der Waals surface area contributed by atoms with Crippen molar-refractivity contribution < 1.29 is 18.4 Å². The monoisotopic (exact) mass is 351 g/mol. The summed E-state index contributed by atoms with van der Waals surface area (Å²) in [5, 5.41) is 0. The van der Waals surface area contributed by atoms with E-state index >= 15 is 0 Å². The Morgan fingerprint density at radius 3 is 2.68 bits per heavy atom. The van der Waals surface area contributed by atoms with Gasteiger partial charge in [-0.15, -0.1) is 0 Å². The van der Waals surface area contributed by atoms with Crippen molar-refractivity contribution in [2.45, 2.75) is 32.2 Å². The van der Waals surface area contributed by atoms with Crippen molar-refractivity contribution in [3.05, 3.63) is 29.8 Å². The molecule has 0 spiro atoms. The molecular formula is C18H23F2N3O2. The Bertz CT molecular complexity index is 682. The van der Waals surface area contributed by atoms with Gasteiger partial charge in [0, 0.05) is 37.4 Å². The fraction of sp³-hybridized carbons (Fsp3) is 0.556. The number of amides is 2. The Labute approximate surface area is 145 Å². The van der Waals surface area contributed by atoms with Crippen LogP contribution in [0.4, 0.5) is 14.5 Å². The van der Waals surface area contributed by atoms with Crippen LogP contribution in [0.3, 0.4) is 0 Å². The molecule has 2 saturated heterocycles. The topological polar surface area (TPSA) is 66.6 Å². The van der Waals surface area contributed by atoms with Crippen LogP contribution < -0.4 is 10.6 Å². The molecule has 2 aliphatic rings. The van der Waals surface area contributed by atoms with E-state index in [0.717, 1.165) is 25.0 Å². The predicted molar refractivity (Wildman–Crippen MR) is 89.8 cm³/mol. The molecule has 2 aliphatic heterocycles. The van der Waals surface area contributed by atoms with Crippen molar-refractivity contribution >= 4 is 17.5 Å². The summed E-state index contributed by atoms with van der Waals surface area (Å²) in [4.78, 5) is 28.7. The highest BCUT2D eigenvalue weighted by atomic mass is 19.2. The number of halogens is 2. The summed E-state index contributed by atoms with van der Waals surface area (Å²) in [5.74, 6) is -2.99. The van der Waals surface area contributed by atoms with Crippen molar-refractivity contribution in [1.29, 1.82) is 0 Å². The molecule has 25 heavy (non-hydrogen) atoms. The van der Waals surface area contributed by atoms with Crippen molar-refractivity contribution in [2.24, 2.45) is 17.6 Å². The Morgan fingerprint density at radius 1 is 1.24 bits per heavy atom. The van der Waals surface area contributed by atoms with E-state index in [2.05, 4.69) is 6.92 Å². The zero-order chi connectivity index (χ0) is 18.1. The van der Waals surface area contributed by atoms with Crippen LogP contribution in [0.25, 0.3) is 0 Å². The third kappa shape index (κ3) is 3.25. The second-order valence-electron chi connectivity index (χ2n) is 6.88. The van der Waals surface area contributed by atoms with E-state index in [4.69, 9.17) is 5.73 Å². The number of nitrogens with two attached hydrogens (primary N) is 1. The van der Waals surface area contributed by atoms with Crippen molar-refractivity contribution in [3.63, 3.8) is 0 Å². The maximum Gasteiger partial charge on any atom is 0.239 e. The van der Waals surface area contributed by atoms with E-state index < -0.39 is 17.6 Å². The molecule has 2 heterocycles. The van der Waals surface area contributed by atoms with Gasteiger partial charge in [-0.25, -0.2) is 8.78 Å². The van der Waals surface area contributed by atoms with E-state index in [1.54, 1.807) is 4.90 Å². The van der Waals surface area contributed by atoms with Gasteiger partial charge in [-0.3, -0.25) is 9.59 Å². The molecule has 1 aromatic carbocycles. The number of anilines is 1. The molecule has 2 amide bonds. The number of benzene rings is 1. The maximum absolute atomic E-state index is 13.4. The summed E-state index contributed by atoms with van der Waals surface area (Å²) in [6, 6.07) is 3.29. The number of piperidine rings is 1. The minimum atomic E-state index is -1.01. The van der Waals surface area contributed by atoms with E-state index in [1.165, 1.54) is 11.0 Å². The fourth-order valence-corrected chi connectivity index (χ4v) is 3.90. The minimum Gasteiger partial charge on any atom is -0.337 e. The zero-order valence-electron chi connectivity index (χ0n) is 14.3. The van der Waals surface area contributed by atoms with Gasteiger partial charge in [-0.2, -0.15) is 0 Å². The van der Waals surface area contributed by atoms with Crippen LogP contribution in [-0.4, -0.2) is 42.4 Å². The first kappa shape index (κ1) is 17.8. The third-order valence-corrected chi connectivity index (χ3v) is 5.36. The van der Waals surface area contributed by atoms with Gasteiger partial charge < -0.3 is 15.5 Å². The minimum absolute atomic E-state index is 0.0497. The molecule has 0 saturated carbocycles. The van der Waals surface area contributed by atoms with E-state index in [1.807, 2.05) is 0 Å². The van der Waals surface area contributed by atoms with Crippen LogP contribution in [0.1, 0.15) is 26.2 Å². The molecule has 5 nitrogen and oxygen atoms in total. The number of hydrogen-bond donors (Lipinski definition) is 1. The third-order valence-electron chi connectivity index (χ3n) is 5.36. The van der Waals surface area contributed by atoms with Crippen molar-refractivity contribution in [3.8, 4) is 0 Å². The molecule has 0 radical (unpaired) electrons. The van der Waals surface area contributed by atoms with Crippen LogP contribution in [-0.2, 0) is 9.59 Å². The molecule has 3 atom stereocenters. The van der Waals surface area contributed by atoms with Gasteiger partial charge in [0.2, 0.25) is 11.8 Å². The van der Waals surface area contributed by atoms with E-state index in [0.29, 0.717) is 32.0 Å². The highest BCUT2D eigenvalue weighted by Crippen LogP contribution is 2.30. The first-order valence-corrected chi connectivity index (χ1v) is 8.71. The molecule has 0 unspecified atom stereocenters. The Kier molecular flexibility index (Phi) is 5.03. The van der Waals surface area contributed by atoms with Crippen LogP contribution in [0.2, 0.25) is 0 Å². The van der Waals surface area contributed by atoms with Crippen molar-refractivity contribution in [2.75, 3.05) is 24.5 Å². The summed E-state index contributed by atoms with van der Waals surface area (Å²) in [5.41, 5.74) is 6.12. The molecule has 136 valence electrons. The molecule has 0 bridgehead atoms. The lowest BCUT2D eigenvalue weighted by Crippen LogP contribution is -2.54.